The number of rotatable bonds is 6. The van der Waals surface area contributed by atoms with Gasteiger partial charge in [0.2, 0.25) is 0 Å². The molecule has 0 aromatic carbocycles. The number of ether oxygens (including phenoxy) is 1. The maximum Gasteiger partial charge on any atom is 0.117 e. The van der Waals surface area contributed by atoms with Gasteiger partial charge in [-0.15, -0.1) is 0 Å². The van der Waals surface area contributed by atoms with Gasteiger partial charge >= 0.3 is 0 Å². The molecule has 13 heavy (non-hydrogen) atoms. The summed E-state index contributed by atoms with van der Waals surface area (Å²) in [7, 11) is 0. The summed E-state index contributed by atoms with van der Waals surface area (Å²) in [5.41, 5.74) is 0. The molecule has 0 radical (unpaired) electrons. The van der Waals surface area contributed by atoms with E-state index >= 15 is 0 Å². The molecule has 0 saturated carbocycles. The first-order valence-corrected chi connectivity index (χ1v) is 4.66. The molecule has 0 bridgehead atoms. The predicted octanol–water partition coefficient (Wildman–Crippen LogP) is 1.71. The lowest BCUT2D eigenvalue weighted by Gasteiger charge is -2.02. The highest BCUT2D eigenvalue weighted by Crippen LogP contribution is 2.04. The van der Waals surface area contributed by atoms with E-state index in [0.29, 0.717) is 0 Å². The van der Waals surface area contributed by atoms with Crippen molar-refractivity contribution in [1.29, 1.82) is 0 Å². The van der Waals surface area contributed by atoms with E-state index in [0.717, 1.165) is 37.8 Å². The van der Waals surface area contributed by atoms with Gasteiger partial charge in [0.25, 0.3) is 0 Å². The molecule has 1 heterocycles. The zero-order valence-electron chi connectivity index (χ0n) is 8.30. The highest BCUT2D eigenvalue weighted by atomic mass is 16.5. The van der Waals surface area contributed by atoms with Crippen LogP contribution < -0.4 is 5.32 Å². The van der Waals surface area contributed by atoms with Gasteiger partial charge in [0.05, 0.1) is 13.2 Å². The van der Waals surface area contributed by atoms with Crippen molar-refractivity contribution >= 4 is 0 Å². The summed E-state index contributed by atoms with van der Waals surface area (Å²) in [6.07, 6.45) is 0. The van der Waals surface area contributed by atoms with Gasteiger partial charge in [-0.05, 0) is 26.0 Å². The van der Waals surface area contributed by atoms with E-state index in [9.17, 15) is 0 Å². The fourth-order valence-corrected chi connectivity index (χ4v) is 1.08. The molecule has 3 nitrogen and oxygen atoms in total. The van der Waals surface area contributed by atoms with Crippen molar-refractivity contribution in [3.63, 3.8) is 0 Å². The van der Waals surface area contributed by atoms with Crippen LogP contribution in [0.1, 0.15) is 18.4 Å². The summed E-state index contributed by atoms with van der Waals surface area (Å²) in [5, 5.41) is 3.23. The molecule has 1 N–H and O–H groups in total. The molecular weight excluding hydrogens is 166 g/mol. The monoisotopic (exact) mass is 183 g/mol. The Kier molecular flexibility index (Phi) is 4.57. The van der Waals surface area contributed by atoms with Crippen LogP contribution >= 0.6 is 0 Å². The standard InChI is InChI=1S/C10H17NO2/c1-3-12-7-6-11-8-10-5-4-9(2)13-10/h4-5,11H,3,6-8H2,1-2H3. The summed E-state index contributed by atoms with van der Waals surface area (Å²) >= 11 is 0. The van der Waals surface area contributed by atoms with Gasteiger partial charge in [-0.3, -0.25) is 0 Å². The molecule has 0 aliphatic heterocycles. The Hall–Kier alpha value is -0.800. The fraction of sp³-hybridized carbons (Fsp3) is 0.600. The minimum absolute atomic E-state index is 0.760. The van der Waals surface area contributed by atoms with E-state index in [4.69, 9.17) is 9.15 Å². The molecule has 0 aliphatic rings. The Morgan fingerprint density at radius 3 is 2.92 bits per heavy atom. The van der Waals surface area contributed by atoms with E-state index < -0.39 is 0 Å². The maximum atomic E-state index is 5.39. The van der Waals surface area contributed by atoms with Crippen molar-refractivity contribution in [3.8, 4) is 0 Å². The third kappa shape index (κ3) is 4.10. The van der Waals surface area contributed by atoms with Gasteiger partial charge < -0.3 is 14.5 Å². The van der Waals surface area contributed by atoms with Crippen LogP contribution in [0.15, 0.2) is 16.5 Å². The van der Waals surface area contributed by atoms with Gasteiger partial charge in [-0.25, -0.2) is 0 Å². The zero-order valence-corrected chi connectivity index (χ0v) is 8.30. The van der Waals surface area contributed by atoms with Crippen LogP contribution in [0.2, 0.25) is 0 Å². The van der Waals surface area contributed by atoms with Crippen LogP contribution in [0.4, 0.5) is 0 Å². The van der Waals surface area contributed by atoms with Crippen LogP contribution in [0.25, 0.3) is 0 Å². The first-order valence-electron chi connectivity index (χ1n) is 4.66. The molecule has 0 unspecified atom stereocenters. The second-order valence-corrected chi connectivity index (χ2v) is 2.89. The van der Waals surface area contributed by atoms with E-state index in [1.807, 2.05) is 26.0 Å². The van der Waals surface area contributed by atoms with E-state index in [-0.39, 0.29) is 0 Å². The van der Waals surface area contributed by atoms with Crippen LogP contribution in [0.5, 0.6) is 0 Å². The lowest BCUT2D eigenvalue weighted by molar-refractivity contribution is 0.148. The Labute approximate surface area is 79.1 Å². The summed E-state index contributed by atoms with van der Waals surface area (Å²) in [4.78, 5) is 0. The van der Waals surface area contributed by atoms with Crippen LogP contribution in [0, 0.1) is 6.92 Å². The predicted molar refractivity (Wildman–Crippen MR) is 51.6 cm³/mol. The third-order valence-corrected chi connectivity index (χ3v) is 1.72. The van der Waals surface area contributed by atoms with Gasteiger partial charge in [-0.2, -0.15) is 0 Å². The topological polar surface area (TPSA) is 34.4 Å². The maximum absolute atomic E-state index is 5.39. The minimum atomic E-state index is 0.760. The number of nitrogens with one attached hydrogen (secondary N) is 1. The number of aryl methyl sites for hydroxylation is 1. The second kappa shape index (κ2) is 5.78. The quantitative estimate of drug-likeness (QED) is 0.682. The van der Waals surface area contributed by atoms with Crippen LogP contribution in [0.3, 0.4) is 0 Å². The summed E-state index contributed by atoms with van der Waals surface area (Å²) in [6.45, 7) is 7.13. The molecule has 0 fully saturated rings. The Bertz CT molecular complexity index is 233. The van der Waals surface area contributed by atoms with Gasteiger partial charge in [0.1, 0.15) is 11.5 Å². The van der Waals surface area contributed by atoms with Crippen molar-refractivity contribution in [2.24, 2.45) is 0 Å². The number of hydrogen-bond donors (Lipinski definition) is 1. The van der Waals surface area contributed by atoms with Crippen molar-refractivity contribution < 1.29 is 9.15 Å². The minimum Gasteiger partial charge on any atom is -0.465 e. The largest absolute Gasteiger partial charge is 0.465 e. The third-order valence-electron chi connectivity index (χ3n) is 1.72. The normalized spacial score (nSPS) is 10.6. The number of furan rings is 1. The molecular formula is C10H17NO2. The first kappa shape index (κ1) is 10.3. The molecule has 0 atom stereocenters. The summed E-state index contributed by atoms with van der Waals surface area (Å²) in [5.74, 6) is 1.94. The number of hydrogen-bond acceptors (Lipinski definition) is 3. The van der Waals surface area contributed by atoms with Gasteiger partial charge in [-0.1, -0.05) is 0 Å². The molecule has 1 rings (SSSR count). The Morgan fingerprint density at radius 2 is 2.31 bits per heavy atom. The average Bonchev–Trinajstić information content (AvgIpc) is 2.51. The molecule has 0 spiro atoms. The SMILES string of the molecule is CCOCCNCc1ccc(C)o1. The first-order chi connectivity index (χ1) is 6.33. The molecule has 1 aromatic heterocycles. The smallest absolute Gasteiger partial charge is 0.117 e. The molecule has 0 amide bonds. The highest BCUT2D eigenvalue weighted by Gasteiger charge is 1.96. The summed E-state index contributed by atoms with van der Waals surface area (Å²) in [6, 6.07) is 3.96. The highest BCUT2D eigenvalue weighted by molar-refractivity contribution is 5.04. The van der Waals surface area contributed by atoms with E-state index in [2.05, 4.69) is 5.32 Å². The molecule has 74 valence electrons. The second-order valence-electron chi connectivity index (χ2n) is 2.89. The lowest BCUT2D eigenvalue weighted by atomic mass is 10.4. The van der Waals surface area contributed by atoms with Gasteiger partial charge in [0, 0.05) is 13.2 Å². The zero-order chi connectivity index (χ0) is 9.52. The lowest BCUT2D eigenvalue weighted by Crippen LogP contribution is -2.18. The Morgan fingerprint density at radius 1 is 1.46 bits per heavy atom. The van der Waals surface area contributed by atoms with Crippen molar-refractivity contribution in [3.05, 3.63) is 23.7 Å². The van der Waals surface area contributed by atoms with Crippen LogP contribution in [-0.4, -0.2) is 19.8 Å². The molecule has 1 aromatic rings. The molecule has 0 aliphatic carbocycles. The van der Waals surface area contributed by atoms with Crippen molar-refractivity contribution in [1.82, 2.24) is 5.32 Å². The van der Waals surface area contributed by atoms with Gasteiger partial charge in [0.15, 0.2) is 0 Å². The molecule has 0 saturated heterocycles. The van der Waals surface area contributed by atoms with E-state index in [1.54, 1.807) is 0 Å². The fourth-order valence-electron chi connectivity index (χ4n) is 1.08. The average molecular weight is 183 g/mol. The van der Waals surface area contributed by atoms with E-state index in [1.165, 1.54) is 0 Å². The van der Waals surface area contributed by atoms with Crippen LogP contribution in [-0.2, 0) is 11.3 Å². The van der Waals surface area contributed by atoms with Crippen molar-refractivity contribution in [2.75, 3.05) is 19.8 Å². The molecule has 3 heteroatoms. The Balaban J connectivity index is 2.06. The summed E-state index contributed by atoms with van der Waals surface area (Å²) < 4.78 is 10.6. The van der Waals surface area contributed by atoms with Crippen molar-refractivity contribution in [2.45, 2.75) is 20.4 Å².